The summed E-state index contributed by atoms with van der Waals surface area (Å²) in [5.41, 5.74) is 1.07. The molecule has 0 saturated heterocycles. The second kappa shape index (κ2) is 20.0. The van der Waals surface area contributed by atoms with Gasteiger partial charge < -0.3 is 26.7 Å². The minimum absolute atomic E-state index is 0. The van der Waals surface area contributed by atoms with Gasteiger partial charge in [-0.15, -0.1) is 0 Å². The van der Waals surface area contributed by atoms with Crippen LogP contribution in [0.4, 0.5) is 0 Å². The molecule has 279 valence electrons. The van der Waals surface area contributed by atoms with E-state index >= 15 is 0 Å². The Labute approximate surface area is 329 Å². The fraction of sp³-hybridized carbons (Fsp3) is 0.915. The van der Waals surface area contributed by atoms with Gasteiger partial charge in [0.05, 0.1) is 0 Å². The van der Waals surface area contributed by atoms with E-state index in [1.54, 1.807) is 12.8 Å². The van der Waals surface area contributed by atoms with Crippen LogP contribution in [0.15, 0.2) is 0 Å². The van der Waals surface area contributed by atoms with Crippen molar-refractivity contribution in [2.75, 3.05) is 0 Å². The van der Waals surface area contributed by atoms with Crippen LogP contribution < -0.4 is 0 Å². The molecule has 0 aromatic carbocycles. The predicted molar refractivity (Wildman–Crippen MR) is 208 cm³/mol. The molecule has 7 rings (SSSR count). The molecule has 7 saturated carbocycles. The molecular weight excluding hydrogens is 653 g/mol. The molecule has 48 heavy (non-hydrogen) atoms. The van der Waals surface area contributed by atoms with Gasteiger partial charge in [0.1, 0.15) is 0 Å². The molecule has 0 aromatic heterocycles. The molecule has 1 radical (unpaired) electrons. The molecule has 0 amide bonds. The van der Waals surface area contributed by atoms with Crippen molar-refractivity contribution in [2.24, 2.45) is 81.8 Å². The van der Waals surface area contributed by atoms with Gasteiger partial charge in [-0.05, 0) is 97.7 Å². The average Bonchev–Trinajstić information content (AvgIpc) is 3.62. The van der Waals surface area contributed by atoms with Crippen LogP contribution in [0.1, 0.15) is 190 Å². The predicted octanol–water partition coefficient (Wildman–Crippen LogP) is 14.8. The first-order valence-electron chi connectivity index (χ1n) is 21.4. The van der Waals surface area contributed by atoms with Gasteiger partial charge in [-0.25, -0.2) is 0 Å². The molecule has 7 aliphatic rings. The van der Waals surface area contributed by atoms with Gasteiger partial charge in [-0.2, -0.15) is 36.5 Å². The standard InChI is InChI=1S/2C20H35.C6H11.CH3.Y/c2*1-14-12-16-6-5-7-18(19(16)13-14)15-8-10-17(11-9-15)20(2,3)4;1-2-4-6-5-3-1;;/h2*12,14-19H,5-11,13H2,1-4H3;1H,2-6H2;1H3;/q4*-1;. The van der Waals surface area contributed by atoms with Gasteiger partial charge in [-0.1, -0.05) is 138 Å². The van der Waals surface area contributed by atoms with E-state index in [1.165, 1.54) is 122 Å². The summed E-state index contributed by atoms with van der Waals surface area (Å²) in [4.78, 5) is 0. The molecule has 0 nitrogen and oxygen atoms in total. The van der Waals surface area contributed by atoms with E-state index in [0.29, 0.717) is 10.8 Å². The van der Waals surface area contributed by atoms with Crippen molar-refractivity contribution in [2.45, 2.75) is 190 Å². The smallest absolute Gasteiger partial charge is 0 e. The van der Waals surface area contributed by atoms with E-state index < -0.39 is 0 Å². The quantitative estimate of drug-likeness (QED) is 0.248. The summed E-state index contributed by atoms with van der Waals surface area (Å²) in [6, 6.07) is 0. The molecule has 0 heterocycles. The number of rotatable bonds is 2. The van der Waals surface area contributed by atoms with Gasteiger partial charge in [0.25, 0.3) is 0 Å². The van der Waals surface area contributed by atoms with Crippen molar-refractivity contribution in [1.82, 2.24) is 0 Å². The van der Waals surface area contributed by atoms with Gasteiger partial charge in [-0.3, -0.25) is 0 Å². The van der Waals surface area contributed by atoms with Crippen LogP contribution in [0.5, 0.6) is 0 Å². The molecular formula is C47H84Y-4. The maximum Gasteiger partial charge on any atom is 0 e. The van der Waals surface area contributed by atoms with Gasteiger partial charge in [0.15, 0.2) is 0 Å². The Balaban J connectivity index is 0.000000214. The summed E-state index contributed by atoms with van der Waals surface area (Å²) in [6.07, 6.45) is 39.2. The largest absolute Gasteiger partial charge is 0.358 e. The Hall–Kier alpha value is 1.10. The fourth-order valence-electron chi connectivity index (χ4n) is 12.6. The molecule has 0 N–H and O–H groups in total. The third-order valence-corrected chi connectivity index (χ3v) is 15.3. The first kappa shape index (κ1) is 43.5. The molecule has 0 bridgehead atoms. The average molecular weight is 738 g/mol. The maximum atomic E-state index is 2.71. The third-order valence-electron chi connectivity index (χ3n) is 15.3. The van der Waals surface area contributed by atoms with Crippen molar-refractivity contribution in [3.05, 3.63) is 26.7 Å². The molecule has 8 unspecified atom stereocenters. The van der Waals surface area contributed by atoms with E-state index in [2.05, 4.69) is 74.7 Å². The normalized spacial score (nSPS) is 41.5. The molecule has 1 heteroatoms. The zero-order chi connectivity index (χ0) is 32.9. The Morgan fingerprint density at radius 2 is 0.812 bits per heavy atom. The van der Waals surface area contributed by atoms with Crippen molar-refractivity contribution < 1.29 is 32.7 Å². The van der Waals surface area contributed by atoms with E-state index in [0.717, 1.165) is 71.0 Å². The van der Waals surface area contributed by atoms with E-state index in [9.17, 15) is 0 Å². The summed E-state index contributed by atoms with van der Waals surface area (Å²) < 4.78 is 0. The van der Waals surface area contributed by atoms with E-state index in [-0.39, 0.29) is 40.1 Å². The van der Waals surface area contributed by atoms with Crippen molar-refractivity contribution in [3.63, 3.8) is 0 Å². The summed E-state index contributed by atoms with van der Waals surface area (Å²) in [5.74, 6) is 12.2. The summed E-state index contributed by atoms with van der Waals surface area (Å²) >= 11 is 0. The summed E-state index contributed by atoms with van der Waals surface area (Å²) in [6.45, 7) is 19.6. The van der Waals surface area contributed by atoms with Crippen LogP contribution in [0.25, 0.3) is 0 Å². The van der Waals surface area contributed by atoms with Crippen LogP contribution in [-0.2, 0) is 32.7 Å². The van der Waals surface area contributed by atoms with Crippen LogP contribution in [0.3, 0.4) is 0 Å². The molecule has 8 atom stereocenters. The molecule has 0 spiro atoms. The van der Waals surface area contributed by atoms with Gasteiger partial charge in [0, 0.05) is 32.7 Å². The zero-order valence-corrected chi connectivity index (χ0v) is 36.9. The molecule has 7 aliphatic carbocycles. The monoisotopic (exact) mass is 738 g/mol. The maximum absolute atomic E-state index is 2.71. The zero-order valence-electron chi connectivity index (χ0n) is 34.1. The third kappa shape index (κ3) is 12.1. The second-order valence-corrected chi connectivity index (χ2v) is 20.5. The van der Waals surface area contributed by atoms with Crippen LogP contribution in [0.2, 0.25) is 0 Å². The van der Waals surface area contributed by atoms with Gasteiger partial charge >= 0.3 is 0 Å². The topological polar surface area (TPSA) is 0 Å². The van der Waals surface area contributed by atoms with E-state index in [1.807, 2.05) is 0 Å². The first-order chi connectivity index (χ1) is 21.9. The van der Waals surface area contributed by atoms with E-state index in [4.69, 9.17) is 0 Å². The molecule has 0 aromatic rings. The minimum Gasteiger partial charge on any atom is -0.358 e. The summed E-state index contributed by atoms with van der Waals surface area (Å²) in [7, 11) is 0. The Morgan fingerprint density at radius 1 is 0.438 bits per heavy atom. The Kier molecular flexibility index (Phi) is 18.1. The molecule has 7 fully saturated rings. The number of hydrogen-bond acceptors (Lipinski definition) is 0. The van der Waals surface area contributed by atoms with Crippen LogP contribution in [-0.4, -0.2) is 0 Å². The number of fused-ring (bicyclic) bond motifs is 2. The minimum atomic E-state index is 0. The Bertz CT molecular complexity index is 779. The number of hydrogen-bond donors (Lipinski definition) is 0. The second-order valence-electron chi connectivity index (χ2n) is 20.5. The fourth-order valence-corrected chi connectivity index (χ4v) is 12.6. The van der Waals surface area contributed by atoms with Crippen molar-refractivity contribution in [3.8, 4) is 0 Å². The van der Waals surface area contributed by atoms with Crippen LogP contribution >= 0.6 is 0 Å². The van der Waals surface area contributed by atoms with Crippen molar-refractivity contribution in [1.29, 1.82) is 0 Å². The van der Waals surface area contributed by atoms with Crippen molar-refractivity contribution >= 4 is 0 Å². The summed E-state index contributed by atoms with van der Waals surface area (Å²) in [5, 5.41) is 0. The Morgan fingerprint density at radius 3 is 1.10 bits per heavy atom. The SMILES string of the molecule is CC1[CH-]C2CCCC(C3CCC(C(C)(C)C)CC3)C2C1.CC1[CH-]C2CCCC(C3CCC(C(C)(C)C)CC3)C2C1.[CH-]1CCCCC1.[CH3-].[Y]. The molecule has 0 aliphatic heterocycles. The van der Waals surface area contributed by atoms with Crippen LogP contribution in [0, 0.1) is 109 Å². The van der Waals surface area contributed by atoms with Gasteiger partial charge in [0.2, 0.25) is 0 Å². The first-order valence-corrected chi connectivity index (χ1v) is 21.4.